The third-order valence-corrected chi connectivity index (χ3v) is 3.70. The Labute approximate surface area is 118 Å². The Morgan fingerprint density at radius 3 is 2.63 bits per heavy atom. The number of hydrogen-bond donors (Lipinski definition) is 2. The Balaban J connectivity index is 2.26. The van der Waals surface area contributed by atoms with Crippen molar-refractivity contribution in [3.05, 3.63) is 50.7 Å². The van der Waals surface area contributed by atoms with Gasteiger partial charge in [0, 0.05) is 10.7 Å². The number of aromatic carboxylic acids is 1. The number of carboxylic acids is 1. The Kier molecular flexibility index (Phi) is 3.87. The highest BCUT2D eigenvalue weighted by molar-refractivity contribution is 7.12. The second kappa shape index (κ2) is 5.42. The van der Waals surface area contributed by atoms with Gasteiger partial charge in [0.15, 0.2) is 0 Å². The molecule has 2 N–H and O–H groups in total. The predicted molar refractivity (Wildman–Crippen MR) is 75.4 cm³/mol. The molecule has 1 aromatic carbocycles. The molecule has 1 amide bonds. The summed E-state index contributed by atoms with van der Waals surface area (Å²) in [7, 11) is 0. The molecular weight excluding hydrogens is 286 g/mol. The standard InChI is InChI=1S/C13H10ClNO3S/c1-7-2-3-19-11(7)12(16)15-10-5-8(13(17)18)4-9(14)6-10/h2-6H,1H3,(H,15,16)(H,17,18). The van der Waals surface area contributed by atoms with Gasteiger partial charge in [-0.1, -0.05) is 11.6 Å². The van der Waals surface area contributed by atoms with Gasteiger partial charge in [0.2, 0.25) is 0 Å². The second-order valence-corrected chi connectivity index (χ2v) is 5.27. The molecule has 0 spiro atoms. The number of halogens is 1. The van der Waals surface area contributed by atoms with Crippen LogP contribution in [0.15, 0.2) is 29.6 Å². The lowest BCUT2D eigenvalue weighted by molar-refractivity contribution is 0.0696. The van der Waals surface area contributed by atoms with Crippen LogP contribution in [0.3, 0.4) is 0 Å². The quantitative estimate of drug-likeness (QED) is 0.908. The van der Waals surface area contributed by atoms with Gasteiger partial charge in [-0.05, 0) is 42.1 Å². The van der Waals surface area contributed by atoms with Crippen molar-refractivity contribution >= 4 is 40.5 Å². The molecule has 0 unspecified atom stereocenters. The molecule has 0 fully saturated rings. The van der Waals surface area contributed by atoms with Crippen LogP contribution in [0.4, 0.5) is 5.69 Å². The molecule has 0 aliphatic carbocycles. The van der Waals surface area contributed by atoms with E-state index < -0.39 is 5.97 Å². The van der Waals surface area contributed by atoms with E-state index in [1.54, 1.807) is 0 Å². The average molecular weight is 296 g/mol. The van der Waals surface area contributed by atoms with Gasteiger partial charge in [0.05, 0.1) is 10.4 Å². The number of rotatable bonds is 3. The lowest BCUT2D eigenvalue weighted by Gasteiger charge is -2.06. The maximum Gasteiger partial charge on any atom is 0.335 e. The molecule has 1 heterocycles. The van der Waals surface area contributed by atoms with E-state index in [1.165, 1.54) is 29.5 Å². The summed E-state index contributed by atoms with van der Waals surface area (Å²) in [5, 5.41) is 13.7. The summed E-state index contributed by atoms with van der Waals surface area (Å²) in [5.41, 5.74) is 1.27. The van der Waals surface area contributed by atoms with Crippen molar-refractivity contribution < 1.29 is 14.7 Å². The van der Waals surface area contributed by atoms with Crippen LogP contribution in [-0.4, -0.2) is 17.0 Å². The zero-order chi connectivity index (χ0) is 14.0. The molecule has 0 saturated carbocycles. The molecule has 0 saturated heterocycles. The van der Waals surface area contributed by atoms with Crippen LogP contribution < -0.4 is 5.32 Å². The van der Waals surface area contributed by atoms with Gasteiger partial charge >= 0.3 is 5.97 Å². The summed E-state index contributed by atoms with van der Waals surface area (Å²) in [4.78, 5) is 23.5. The van der Waals surface area contributed by atoms with Crippen LogP contribution in [0.2, 0.25) is 5.02 Å². The number of hydrogen-bond acceptors (Lipinski definition) is 3. The second-order valence-electron chi connectivity index (χ2n) is 3.92. The Hall–Kier alpha value is -1.85. The predicted octanol–water partition coefficient (Wildman–Crippen LogP) is 3.66. The van der Waals surface area contributed by atoms with Gasteiger partial charge in [0.25, 0.3) is 5.91 Å². The van der Waals surface area contributed by atoms with Crippen molar-refractivity contribution in [2.45, 2.75) is 6.92 Å². The van der Waals surface area contributed by atoms with E-state index in [0.717, 1.165) is 5.56 Å². The maximum absolute atomic E-state index is 12.0. The summed E-state index contributed by atoms with van der Waals surface area (Å²) in [6, 6.07) is 6.06. The van der Waals surface area contributed by atoms with E-state index in [0.29, 0.717) is 10.6 Å². The van der Waals surface area contributed by atoms with Crippen molar-refractivity contribution in [1.29, 1.82) is 0 Å². The molecule has 0 bridgehead atoms. The smallest absolute Gasteiger partial charge is 0.335 e. The van der Waals surface area contributed by atoms with Crippen LogP contribution in [-0.2, 0) is 0 Å². The Morgan fingerprint density at radius 2 is 2.05 bits per heavy atom. The molecule has 98 valence electrons. The highest BCUT2D eigenvalue weighted by Crippen LogP contribution is 2.22. The van der Waals surface area contributed by atoms with Crippen LogP contribution >= 0.6 is 22.9 Å². The first-order valence-electron chi connectivity index (χ1n) is 5.36. The van der Waals surface area contributed by atoms with E-state index in [1.807, 2.05) is 18.4 Å². The van der Waals surface area contributed by atoms with Crippen LogP contribution in [0.5, 0.6) is 0 Å². The van der Waals surface area contributed by atoms with Gasteiger partial charge in [-0.2, -0.15) is 0 Å². The number of aryl methyl sites for hydroxylation is 1. The zero-order valence-electron chi connectivity index (χ0n) is 9.94. The normalized spacial score (nSPS) is 10.2. The van der Waals surface area contributed by atoms with Gasteiger partial charge < -0.3 is 10.4 Å². The van der Waals surface area contributed by atoms with Crippen LogP contribution in [0, 0.1) is 6.92 Å². The third kappa shape index (κ3) is 3.13. The van der Waals surface area contributed by atoms with Gasteiger partial charge in [-0.3, -0.25) is 4.79 Å². The van der Waals surface area contributed by atoms with Gasteiger partial charge in [0.1, 0.15) is 0 Å². The number of nitrogens with one attached hydrogen (secondary N) is 1. The molecule has 2 aromatic rings. The first-order valence-corrected chi connectivity index (χ1v) is 6.62. The van der Waals surface area contributed by atoms with Gasteiger partial charge in [-0.25, -0.2) is 4.79 Å². The number of carboxylic acid groups (broad SMARTS) is 1. The Morgan fingerprint density at radius 1 is 1.32 bits per heavy atom. The highest BCUT2D eigenvalue weighted by atomic mass is 35.5. The van der Waals surface area contributed by atoms with Crippen molar-refractivity contribution in [1.82, 2.24) is 0 Å². The lowest BCUT2D eigenvalue weighted by Crippen LogP contribution is -2.12. The summed E-state index contributed by atoms with van der Waals surface area (Å²) in [6.07, 6.45) is 0. The topological polar surface area (TPSA) is 66.4 Å². The lowest BCUT2D eigenvalue weighted by atomic mass is 10.2. The number of carbonyl (C=O) groups is 2. The summed E-state index contributed by atoms with van der Waals surface area (Å²) in [6.45, 7) is 1.84. The number of anilines is 1. The first-order chi connectivity index (χ1) is 8.97. The number of benzene rings is 1. The average Bonchev–Trinajstić information content (AvgIpc) is 2.74. The number of carbonyl (C=O) groups excluding carboxylic acids is 1. The van der Waals surface area contributed by atoms with Crippen LogP contribution in [0.25, 0.3) is 0 Å². The molecule has 0 aliphatic rings. The monoisotopic (exact) mass is 295 g/mol. The molecule has 2 rings (SSSR count). The summed E-state index contributed by atoms with van der Waals surface area (Å²) >= 11 is 7.15. The van der Waals surface area contributed by atoms with Gasteiger partial charge in [-0.15, -0.1) is 11.3 Å². The zero-order valence-corrected chi connectivity index (χ0v) is 11.5. The summed E-state index contributed by atoms with van der Waals surface area (Å²) in [5.74, 6) is -1.36. The van der Waals surface area contributed by atoms with Crippen LogP contribution in [0.1, 0.15) is 25.6 Å². The molecule has 4 nitrogen and oxygen atoms in total. The minimum Gasteiger partial charge on any atom is -0.478 e. The highest BCUT2D eigenvalue weighted by Gasteiger charge is 2.12. The molecular formula is C13H10ClNO3S. The number of amides is 1. The van der Waals surface area contributed by atoms with E-state index in [4.69, 9.17) is 16.7 Å². The molecule has 0 radical (unpaired) electrons. The van der Waals surface area contributed by atoms with Crippen molar-refractivity contribution in [3.63, 3.8) is 0 Å². The minimum atomic E-state index is -1.09. The van der Waals surface area contributed by atoms with E-state index in [2.05, 4.69) is 5.32 Å². The minimum absolute atomic E-state index is 0.0331. The largest absolute Gasteiger partial charge is 0.478 e. The molecule has 0 atom stereocenters. The van der Waals surface area contributed by atoms with E-state index in [9.17, 15) is 9.59 Å². The van der Waals surface area contributed by atoms with E-state index in [-0.39, 0.29) is 16.5 Å². The van der Waals surface area contributed by atoms with Crippen molar-refractivity contribution in [2.75, 3.05) is 5.32 Å². The SMILES string of the molecule is Cc1ccsc1C(=O)Nc1cc(Cl)cc(C(=O)O)c1. The third-order valence-electron chi connectivity index (χ3n) is 2.47. The fourth-order valence-electron chi connectivity index (χ4n) is 1.58. The van der Waals surface area contributed by atoms with Crippen molar-refractivity contribution in [2.24, 2.45) is 0 Å². The van der Waals surface area contributed by atoms with Crippen molar-refractivity contribution in [3.8, 4) is 0 Å². The molecule has 1 aromatic heterocycles. The van der Waals surface area contributed by atoms with E-state index >= 15 is 0 Å². The number of thiophene rings is 1. The Bertz CT molecular complexity index is 651. The molecule has 6 heteroatoms. The maximum atomic E-state index is 12.0. The fraction of sp³-hybridized carbons (Fsp3) is 0.0769. The first kappa shape index (κ1) is 13.6. The molecule has 0 aliphatic heterocycles. The fourth-order valence-corrected chi connectivity index (χ4v) is 2.63. The molecule has 19 heavy (non-hydrogen) atoms. The summed E-state index contributed by atoms with van der Waals surface area (Å²) < 4.78 is 0.